The number of hydrogen-bond donors (Lipinski definition) is 1. The van der Waals surface area contributed by atoms with E-state index in [0.717, 1.165) is 21.9 Å². The van der Waals surface area contributed by atoms with E-state index in [0.29, 0.717) is 42.4 Å². The van der Waals surface area contributed by atoms with Gasteiger partial charge in [-0.25, -0.2) is 0 Å². The largest absolute Gasteiger partial charge is 0.361 e. The first-order chi connectivity index (χ1) is 15.0. The lowest BCUT2D eigenvalue weighted by Gasteiger charge is -2.31. The molecule has 2 aromatic heterocycles. The quantitative estimate of drug-likeness (QED) is 0.560. The number of nitrogens with zero attached hydrogens (tertiary/aromatic N) is 4. The maximum Gasteiger partial charge on any atom is 0.254 e. The minimum atomic E-state index is -0.128. The van der Waals surface area contributed by atoms with Crippen LogP contribution in [0.3, 0.4) is 0 Å². The SMILES string of the molecule is Cc1noc(C)c1CSc1ccccc1C(=O)N1CCC(C(=O)Nc2nncs2)CC1. The van der Waals surface area contributed by atoms with Gasteiger partial charge in [0.15, 0.2) is 0 Å². The summed E-state index contributed by atoms with van der Waals surface area (Å²) in [7, 11) is 0. The first-order valence-corrected chi connectivity index (χ1v) is 11.9. The van der Waals surface area contributed by atoms with Crippen molar-refractivity contribution in [3.8, 4) is 0 Å². The van der Waals surface area contributed by atoms with E-state index in [-0.39, 0.29) is 17.7 Å². The molecule has 1 fully saturated rings. The smallest absolute Gasteiger partial charge is 0.254 e. The monoisotopic (exact) mass is 457 g/mol. The first kappa shape index (κ1) is 21.5. The van der Waals surface area contributed by atoms with Crippen LogP contribution in [0, 0.1) is 19.8 Å². The van der Waals surface area contributed by atoms with Crippen LogP contribution in [0.2, 0.25) is 0 Å². The predicted molar refractivity (Wildman–Crippen MR) is 119 cm³/mol. The number of carbonyl (C=O) groups excluding carboxylic acids is 2. The van der Waals surface area contributed by atoms with Gasteiger partial charge < -0.3 is 14.7 Å². The van der Waals surface area contributed by atoms with Crippen LogP contribution in [0.4, 0.5) is 5.13 Å². The normalized spacial score (nSPS) is 14.6. The number of aromatic nitrogens is 3. The summed E-state index contributed by atoms with van der Waals surface area (Å²) < 4.78 is 5.24. The van der Waals surface area contributed by atoms with Crippen molar-refractivity contribution in [2.45, 2.75) is 37.3 Å². The number of aryl methyl sites for hydroxylation is 2. The van der Waals surface area contributed by atoms with E-state index >= 15 is 0 Å². The van der Waals surface area contributed by atoms with Crippen molar-refractivity contribution in [3.63, 3.8) is 0 Å². The average molecular weight is 458 g/mol. The number of nitrogens with one attached hydrogen (secondary N) is 1. The molecule has 0 spiro atoms. The zero-order chi connectivity index (χ0) is 21.8. The Hall–Kier alpha value is -2.72. The molecule has 8 nitrogen and oxygen atoms in total. The van der Waals surface area contributed by atoms with E-state index in [1.165, 1.54) is 11.3 Å². The molecule has 0 unspecified atom stereocenters. The average Bonchev–Trinajstić information content (AvgIpc) is 3.41. The number of rotatable bonds is 6. The number of benzene rings is 1. The van der Waals surface area contributed by atoms with Crippen molar-refractivity contribution < 1.29 is 14.1 Å². The molecule has 1 aliphatic heterocycles. The minimum Gasteiger partial charge on any atom is -0.361 e. The van der Waals surface area contributed by atoms with Gasteiger partial charge in [0.25, 0.3) is 5.91 Å². The van der Waals surface area contributed by atoms with E-state index in [1.807, 2.05) is 43.0 Å². The summed E-state index contributed by atoms with van der Waals surface area (Å²) in [5.74, 6) is 1.32. The lowest BCUT2D eigenvalue weighted by Crippen LogP contribution is -2.41. The van der Waals surface area contributed by atoms with Crippen LogP contribution in [-0.4, -0.2) is 45.2 Å². The van der Waals surface area contributed by atoms with Gasteiger partial charge in [-0.3, -0.25) is 9.59 Å². The van der Waals surface area contributed by atoms with E-state index in [9.17, 15) is 9.59 Å². The van der Waals surface area contributed by atoms with Crippen LogP contribution in [0.15, 0.2) is 39.2 Å². The minimum absolute atomic E-state index is 0.00449. The Morgan fingerprint density at radius 1 is 1.26 bits per heavy atom. The Kier molecular flexibility index (Phi) is 6.67. The topological polar surface area (TPSA) is 101 Å². The van der Waals surface area contributed by atoms with Crippen molar-refractivity contribution in [2.75, 3.05) is 18.4 Å². The van der Waals surface area contributed by atoms with Gasteiger partial charge in [-0.1, -0.05) is 28.6 Å². The lowest BCUT2D eigenvalue weighted by atomic mass is 9.95. The van der Waals surface area contributed by atoms with Gasteiger partial charge >= 0.3 is 0 Å². The van der Waals surface area contributed by atoms with E-state index in [4.69, 9.17) is 4.52 Å². The van der Waals surface area contributed by atoms with Gasteiger partial charge in [0.1, 0.15) is 11.3 Å². The summed E-state index contributed by atoms with van der Waals surface area (Å²) in [6, 6.07) is 7.66. The zero-order valence-electron chi connectivity index (χ0n) is 17.3. The predicted octanol–water partition coefficient (Wildman–Crippen LogP) is 3.93. The van der Waals surface area contributed by atoms with Crippen molar-refractivity contribution in [1.29, 1.82) is 0 Å². The molecule has 31 heavy (non-hydrogen) atoms. The highest BCUT2D eigenvalue weighted by atomic mass is 32.2. The number of piperidine rings is 1. The molecule has 1 aliphatic rings. The second-order valence-corrected chi connectivity index (χ2v) is 9.24. The molecule has 3 heterocycles. The number of carbonyl (C=O) groups is 2. The van der Waals surface area contributed by atoms with Gasteiger partial charge in [-0.05, 0) is 38.8 Å². The van der Waals surface area contributed by atoms with Gasteiger partial charge in [0.05, 0.1) is 11.3 Å². The Morgan fingerprint density at radius 3 is 2.71 bits per heavy atom. The number of thioether (sulfide) groups is 1. The van der Waals surface area contributed by atoms with Crippen molar-refractivity contribution in [1.82, 2.24) is 20.3 Å². The second kappa shape index (κ2) is 9.61. The van der Waals surface area contributed by atoms with Crippen molar-refractivity contribution in [3.05, 3.63) is 52.4 Å². The molecule has 1 aromatic carbocycles. The fourth-order valence-corrected chi connectivity index (χ4v) is 5.22. The van der Waals surface area contributed by atoms with Gasteiger partial charge in [0.2, 0.25) is 11.0 Å². The molecule has 1 saturated heterocycles. The van der Waals surface area contributed by atoms with Crippen LogP contribution in [0.1, 0.15) is 40.2 Å². The third-order valence-electron chi connectivity index (χ3n) is 5.41. The Bertz CT molecular complexity index is 1040. The van der Waals surface area contributed by atoms with Crippen molar-refractivity contribution in [2.24, 2.45) is 5.92 Å². The molecular weight excluding hydrogens is 434 g/mol. The fraction of sp³-hybridized carbons (Fsp3) is 0.381. The molecule has 0 saturated carbocycles. The second-order valence-electron chi connectivity index (χ2n) is 7.39. The van der Waals surface area contributed by atoms with E-state index in [2.05, 4.69) is 20.7 Å². The molecule has 0 radical (unpaired) electrons. The molecule has 2 amide bonds. The summed E-state index contributed by atoms with van der Waals surface area (Å²) in [5.41, 5.74) is 4.21. The molecule has 0 bridgehead atoms. The fourth-order valence-electron chi connectivity index (χ4n) is 3.58. The highest BCUT2D eigenvalue weighted by Gasteiger charge is 2.29. The van der Waals surface area contributed by atoms with Crippen molar-refractivity contribution >= 4 is 40.0 Å². The Morgan fingerprint density at radius 2 is 2.03 bits per heavy atom. The van der Waals surface area contributed by atoms with Crippen LogP contribution in [-0.2, 0) is 10.5 Å². The molecule has 3 aromatic rings. The number of likely N-dealkylation sites (tertiary alicyclic amines) is 1. The summed E-state index contributed by atoms with van der Waals surface area (Å²) in [6.07, 6.45) is 1.26. The number of anilines is 1. The summed E-state index contributed by atoms with van der Waals surface area (Å²) in [6.45, 7) is 4.93. The number of hydrogen-bond acceptors (Lipinski definition) is 8. The third-order valence-corrected chi connectivity index (χ3v) is 7.12. The molecule has 0 atom stereocenters. The summed E-state index contributed by atoms with van der Waals surface area (Å²) in [4.78, 5) is 28.4. The molecule has 4 rings (SSSR count). The van der Waals surface area contributed by atoms with Crippen LogP contribution < -0.4 is 5.32 Å². The van der Waals surface area contributed by atoms with Gasteiger partial charge in [-0.15, -0.1) is 22.0 Å². The molecule has 1 N–H and O–H groups in total. The third kappa shape index (κ3) is 4.96. The zero-order valence-corrected chi connectivity index (χ0v) is 19.0. The highest BCUT2D eigenvalue weighted by Crippen LogP contribution is 2.30. The van der Waals surface area contributed by atoms with Gasteiger partial charge in [0, 0.05) is 35.2 Å². The van der Waals surface area contributed by atoms with E-state index in [1.54, 1.807) is 17.3 Å². The Labute approximate surface area is 188 Å². The summed E-state index contributed by atoms with van der Waals surface area (Å²) in [5, 5.41) is 14.9. The standard InChI is InChI=1S/C21H23N5O3S2/c1-13-17(14(2)29-25-13)11-30-18-6-4-3-5-16(18)20(28)26-9-7-15(8-10-26)19(27)23-21-24-22-12-31-21/h3-6,12,15H,7-11H2,1-2H3,(H,23,24,27). The molecule has 0 aliphatic carbocycles. The van der Waals surface area contributed by atoms with Crippen LogP contribution >= 0.6 is 23.1 Å². The lowest BCUT2D eigenvalue weighted by molar-refractivity contribution is -0.121. The molecule has 162 valence electrons. The maximum absolute atomic E-state index is 13.2. The Balaban J connectivity index is 1.37. The first-order valence-electron chi connectivity index (χ1n) is 10.0. The molecule has 10 heteroatoms. The van der Waals surface area contributed by atoms with Gasteiger partial charge in [-0.2, -0.15) is 0 Å². The summed E-state index contributed by atoms with van der Waals surface area (Å²) >= 11 is 2.90. The maximum atomic E-state index is 13.2. The van der Waals surface area contributed by atoms with Crippen LogP contribution in [0.25, 0.3) is 0 Å². The number of amides is 2. The highest BCUT2D eigenvalue weighted by molar-refractivity contribution is 7.98. The van der Waals surface area contributed by atoms with Crippen LogP contribution in [0.5, 0.6) is 0 Å². The van der Waals surface area contributed by atoms with E-state index < -0.39 is 0 Å². The molecular formula is C21H23N5O3S2.